The van der Waals surface area contributed by atoms with Gasteiger partial charge in [0.1, 0.15) is 22.5 Å². The van der Waals surface area contributed by atoms with E-state index in [1.165, 1.54) is 62.8 Å². The molecule has 2 heterocycles. The highest BCUT2D eigenvalue weighted by molar-refractivity contribution is 14.1. The number of aliphatic hydroxyl groups is 2. The predicted molar refractivity (Wildman–Crippen MR) is 200 cm³/mol. The van der Waals surface area contributed by atoms with Crippen LogP contribution in [0.1, 0.15) is 35.0 Å². The maximum atomic E-state index is 12.9. The van der Waals surface area contributed by atoms with Gasteiger partial charge in [-0.1, -0.05) is 93.3 Å². The molecule has 3 N–H and O–H groups in total. The largest absolute Gasteiger partial charge is 0.481 e. The lowest BCUT2D eigenvalue weighted by molar-refractivity contribution is 0.208. The first-order valence-electron chi connectivity index (χ1n) is 13.8. The fourth-order valence-electron chi connectivity index (χ4n) is 3.95. The van der Waals surface area contributed by atoms with Crippen molar-refractivity contribution in [3.05, 3.63) is 91.7 Å². The Bertz CT molecular complexity index is 2100. The molecule has 2 atom stereocenters. The van der Waals surface area contributed by atoms with Crippen molar-refractivity contribution < 1.29 is 54.1 Å². The van der Waals surface area contributed by atoms with Gasteiger partial charge >= 0.3 is 11.5 Å². The Kier molecular flexibility index (Phi) is 17.7. The van der Waals surface area contributed by atoms with Gasteiger partial charge in [-0.25, -0.2) is 26.8 Å². The second-order valence-electron chi connectivity index (χ2n) is 9.55. The van der Waals surface area contributed by atoms with Crippen LogP contribution in [-0.2, 0) is 20.0 Å². The van der Waals surface area contributed by atoms with E-state index in [1.54, 1.807) is 4.72 Å². The Morgan fingerprint density at radius 1 is 0.736 bits per heavy atom. The highest BCUT2D eigenvalue weighted by atomic mass is 127. The Morgan fingerprint density at radius 3 is 1.60 bits per heavy atom. The number of para-hydroxylation sites is 2. The fourth-order valence-corrected chi connectivity index (χ4v) is 6.26. The van der Waals surface area contributed by atoms with Crippen molar-refractivity contribution in [2.45, 2.75) is 23.7 Å². The van der Waals surface area contributed by atoms with Crippen molar-refractivity contribution in [3.8, 4) is 11.8 Å². The third-order valence-corrected chi connectivity index (χ3v) is 9.70. The Balaban J connectivity index is 0.000000351. The van der Waals surface area contributed by atoms with E-state index in [4.69, 9.17) is 55.9 Å². The minimum Gasteiger partial charge on any atom is -0.481 e. The third kappa shape index (κ3) is 11.9. The zero-order valence-corrected chi connectivity index (χ0v) is 34.0. The SMILES string of the molecule is CI.COc1cc(Cl)nc(C(O)c2cccc(Cl)c2N(C)S(=O)(=O)C(F)F)n1.COc1cc(Cl)nc(C(O)c2cccc(Cl)c2NS(=O)(=O)C(F)F)n1. The van der Waals surface area contributed by atoms with Crippen LogP contribution in [0.3, 0.4) is 0 Å². The number of ether oxygens (including phenoxy) is 2. The molecule has 53 heavy (non-hydrogen) atoms. The van der Waals surface area contributed by atoms with Crippen molar-refractivity contribution in [3.63, 3.8) is 0 Å². The number of nitrogens with one attached hydrogen (secondary N) is 1. The minimum absolute atomic E-state index is 0.0389. The number of sulfonamides is 2. The number of hydrogen-bond acceptors (Lipinski definition) is 12. The van der Waals surface area contributed by atoms with Crippen molar-refractivity contribution in [2.24, 2.45) is 0 Å². The van der Waals surface area contributed by atoms with Crippen LogP contribution < -0.4 is 18.5 Å². The van der Waals surface area contributed by atoms with Gasteiger partial charge in [0.05, 0.1) is 35.6 Å². The van der Waals surface area contributed by atoms with Crippen molar-refractivity contribution >= 4 is 100 Å². The van der Waals surface area contributed by atoms with Crippen LogP contribution in [0.25, 0.3) is 0 Å². The molecule has 0 saturated carbocycles. The maximum Gasteiger partial charge on any atom is 0.355 e. The van der Waals surface area contributed by atoms with Crippen molar-refractivity contribution in [1.82, 2.24) is 19.9 Å². The quantitative estimate of drug-likeness (QED) is 0.0586. The smallest absolute Gasteiger partial charge is 0.355 e. The number of rotatable bonds is 12. The monoisotopic (exact) mass is 982 g/mol. The lowest BCUT2D eigenvalue weighted by atomic mass is 10.1. The molecule has 0 aliphatic rings. The van der Waals surface area contributed by atoms with Gasteiger partial charge in [0.25, 0.3) is 20.0 Å². The number of benzene rings is 2. The van der Waals surface area contributed by atoms with Gasteiger partial charge in [-0.15, -0.1) is 0 Å². The maximum absolute atomic E-state index is 12.9. The Morgan fingerprint density at radius 2 is 1.17 bits per heavy atom. The zero-order chi connectivity index (χ0) is 40.4. The second-order valence-corrected chi connectivity index (χ2v) is 14.7. The van der Waals surface area contributed by atoms with Crippen LogP contribution in [0.4, 0.5) is 28.9 Å². The highest BCUT2D eigenvalue weighted by Crippen LogP contribution is 2.38. The molecule has 25 heteroatoms. The second kappa shape index (κ2) is 20.2. The number of hydrogen-bond donors (Lipinski definition) is 3. The first-order chi connectivity index (χ1) is 24.7. The summed E-state index contributed by atoms with van der Waals surface area (Å²) >= 11 is 25.7. The number of methoxy groups -OCH3 is 2. The van der Waals surface area contributed by atoms with Crippen LogP contribution in [0.2, 0.25) is 20.4 Å². The summed E-state index contributed by atoms with van der Waals surface area (Å²) in [5.41, 5.74) is -0.987. The molecule has 14 nitrogen and oxygen atoms in total. The van der Waals surface area contributed by atoms with Crippen molar-refractivity contribution in [2.75, 3.05) is 35.2 Å². The van der Waals surface area contributed by atoms with E-state index in [0.717, 1.165) is 7.05 Å². The van der Waals surface area contributed by atoms with E-state index >= 15 is 0 Å². The molecule has 2 unspecified atom stereocenters. The average molecular weight is 984 g/mol. The topological polar surface area (TPSA) is 194 Å². The molecule has 2 aromatic heterocycles. The van der Waals surface area contributed by atoms with Gasteiger partial charge in [0, 0.05) is 30.3 Å². The number of alkyl halides is 5. The zero-order valence-electron chi connectivity index (χ0n) is 27.2. The normalized spacial score (nSPS) is 12.5. The number of aliphatic hydroxyl groups excluding tert-OH is 2. The standard InChI is InChI=1S/C14H13Cl2F2N3O4S.C13H11Cl2F2N3O4S.CH3I/c1-21(26(23,24)14(17)18)11-7(4-3-5-8(11)15)12(22)13-19-9(16)6-10(20-13)25-2;1-24-9-5-8(15)18-12(19-9)11(21)6-3-2-4-7(14)10(6)20-25(22,23)13(16)17;1-2/h3-6,12,14,22H,1-2H3;2-5,11,13,20-21H,1H3;1H3. The van der Waals surface area contributed by atoms with E-state index in [1.807, 2.05) is 4.93 Å². The van der Waals surface area contributed by atoms with Gasteiger partial charge < -0.3 is 19.7 Å². The molecular weight excluding hydrogens is 957 g/mol. The third-order valence-electron chi connectivity index (χ3n) is 6.34. The number of aromatic nitrogens is 4. The predicted octanol–water partition coefficient (Wildman–Crippen LogP) is 6.75. The summed E-state index contributed by atoms with van der Waals surface area (Å²) in [5, 5.41) is 20.6. The molecule has 292 valence electrons. The van der Waals surface area contributed by atoms with Crippen LogP contribution in [0, 0.1) is 0 Å². The molecule has 0 amide bonds. The Labute approximate surface area is 334 Å². The van der Waals surface area contributed by atoms with E-state index in [0.29, 0.717) is 4.31 Å². The van der Waals surface area contributed by atoms with E-state index in [-0.39, 0.29) is 60.6 Å². The van der Waals surface area contributed by atoms with Crippen LogP contribution in [0.15, 0.2) is 48.5 Å². The summed E-state index contributed by atoms with van der Waals surface area (Å²) in [6, 6.07) is 10.5. The van der Waals surface area contributed by atoms with E-state index in [9.17, 15) is 44.6 Å². The van der Waals surface area contributed by atoms with Crippen molar-refractivity contribution in [1.29, 1.82) is 0 Å². The summed E-state index contributed by atoms with van der Waals surface area (Å²) in [4.78, 5) is 17.5. The van der Waals surface area contributed by atoms with E-state index in [2.05, 4.69) is 42.5 Å². The summed E-state index contributed by atoms with van der Waals surface area (Å²) in [6.07, 6.45) is -3.21. The molecule has 4 aromatic rings. The molecule has 0 radical (unpaired) electrons. The van der Waals surface area contributed by atoms with Gasteiger partial charge in [-0.3, -0.25) is 9.03 Å². The molecule has 0 aliphatic heterocycles. The molecule has 0 spiro atoms. The number of anilines is 2. The summed E-state index contributed by atoms with van der Waals surface area (Å²) in [6.45, 7) is 0. The van der Waals surface area contributed by atoms with Gasteiger partial charge in [0.15, 0.2) is 11.6 Å². The molecule has 0 fully saturated rings. The first-order valence-corrected chi connectivity index (χ1v) is 20.5. The molecule has 0 saturated heterocycles. The summed E-state index contributed by atoms with van der Waals surface area (Å²) in [7, 11) is -6.46. The molecule has 0 aliphatic carbocycles. The molecular formula is C28H27Cl4F4IN6O8S2. The summed E-state index contributed by atoms with van der Waals surface area (Å²) < 4.78 is 109. The first kappa shape index (κ1) is 46.4. The molecule has 4 rings (SSSR count). The van der Waals surface area contributed by atoms with Crippen LogP contribution in [0.5, 0.6) is 11.8 Å². The van der Waals surface area contributed by atoms with E-state index < -0.39 is 49.5 Å². The Hall–Kier alpha value is -2.77. The average Bonchev–Trinajstić information content (AvgIpc) is 3.11. The van der Waals surface area contributed by atoms with Crippen LogP contribution in [-0.4, -0.2) is 84.7 Å². The lowest BCUT2D eigenvalue weighted by Gasteiger charge is -2.24. The molecule has 2 aromatic carbocycles. The van der Waals surface area contributed by atoms with Gasteiger partial charge in [0.2, 0.25) is 11.8 Å². The lowest BCUT2D eigenvalue weighted by Crippen LogP contribution is -2.33. The molecule has 0 bridgehead atoms. The number of nitrogens with zero attached hydrogens (tertiary/aromatic N) is 5. The van der Waals surface area contributed by atoms with Crippen LogP contribution >= 0.6 is 69.0 Å². The van der Waals surface area contributed by atoms with Gasteiger partial charge in [-0.05, 0) is 17.1 Å². The summed E-state index contributed by atoms with van der Waals surface area (Å²) in [5.74, 6) is -7.71. The number of halogens is 9. The highest BCUT2D eigenvalue weighted by Gasteiger charge is 2.34. The minimum atomic E-state index is -5.00. The van der Waals surface area contributed by atoms with Gasteiger partial charge in [-0.2, -0.15) is 27.5 Å². The fraction of sp³-hybridized carbons (Fsp3) is 0.286.